The van der Waals surface area contributed by atoms with Crippen molar-refractivity contribution in [3.05, 3.63) is 0 Å². The molecule has 2 saturated heterocycles. The topological polar surface area (TPSA) is 49.4 Å². The third kappa shape index (κ3) is 2.34. The van der Waals surface area contributed by atoms with Crippen LogP contribution in [0.2, 0.25) is 0 Å². The Hall–Kier alpha value is -0.130. The summed E-state index contributed by atoms with van der Waals surface area (Å²) in [6.07, 6.45) is 5.58. The molecule has 1 aliphatic carbocycles. The molecule has 3 fully saturated rings. The summed E-state index contributed by atoms with van der Waals surface area (Å²) >= 11 is 0. The normalized spacial score (nSPS) is 43.8. The molecule has 5 unspecified atom stereocenters. The SMILES string of the molecule is CCC1C2CNCC2CN1C1CCCC1S(C)(=O)=O. The Labute approximate surface area is 116 Å². The zero-order valence-corrected chi connectivity index (χ0v) is 12.8. The van der Waals surface area contributed by atoms with Gasteiger partial charge in [0.1, 0.15) is 0 Å². The standard InChI is InChI=1S/C14H26N2O2S/c1-3-12-11-8-15-7-10(11)9-16(12)13-5-4-6-14(13)19(2,17)18/h10-15H,3-9H2,1-2H3. The Morgan fingerprint density at radius 1 is 1.26 bits per heavy atom. The fraction of sp³-hybridized carbons (Fsp3) is 1.00. The van der Waals surface area contributed by atoms with Crippen molar-refractivity contribution in [2.75, 3.05) is 25.9 Å². The van der Waals surface area contributed by atoms with Gasteiger partial charge in [0.25, 0.3) is 0 Å². The number of hydrogen-bond acceptors (Lipinski definition) is 4. The van der Waals surface area contributed by atoms with E-state index in [0.29, 0.717) is 6.04 Å². The van der Waals surface area contributed by atoms with Crippen LogP contribution in [-0.2, 0) is 9.84 Å². The van der Waals surface area contributed by atoms with Crippen LogP contribution in [0.5, 0.6) is 0 Å². The number of fused-ring (bicyclic) bond motifs is 1. The van der Waals surface area contributed by atoms with E-state index >= 15 is 0 Å². The van der Waals surface area contributed by atoms with E-state index in [1.165, 1.54) is 6.26 Å². The first-order valence-electron chi connectivity index (χ1n) is 7.67. The monoisotopic (exact) mass is 286 g/mol. The first kappa shape index (κ1) is 13.8. The Bertz CT molecular complexity index is 437. The van der Waals surface area contributed by atoms with Crippen LogP contribution in [0.15, 0.2) is 0 Å². The van der Waals surface area contributed by atoms with E-state index in [0.717, 1.165) is 57.2 Å². The van der Waals surface area contributed by atoms with Crippen molar-refractivity contribution in [1.82, 2.24) is 10.2 Å². The van der Waals surface area contributed by atoms with E-state index in [2.05, 4.69) is 17.1 Å². The highest BCUT2D eigenvalue weighted by Crippen LogP contribution is 2.40. The van der Waals surface area contributed by atoms with E-state index < -0.39 is 9.84 Å². The summed E-state index contributed by atoms with van der Waals surface area (Å²) < 4.78 is 24.0. The highest BCUT2D eigenvalue weighted by molar-refractivity contribution is 7.91. The first-order valence-corrected chi connectivity index (χ1v) is 9.63. The summed E-state index contributed by atoms with van der Waals surface area (Å²) in [6.45, 7) is 5.60. The van der Waals surface area contributed by atoms with Crippen LogP contribution in [0, 0.1) is 11.8 Å². The zero-order chi connectivity index (χ0) is 13.6. The molecular formula is C14H26N2O2S. The van der Waals surface area contributed by atoms with Gasteiger partial charge in [0.2, 0.25) is 0 Å². The minimum absolute atomic E-state index is 0.117. The lowest BCUT2D eigenvalue weighted by Crippen LogP contribution is -2.47. The lowest BCUT2D eigenvalue weighted by Gasteiger charge is -2.35. The van der Waals surface area contributed by atoms with Crippen LogP contribution in [0.3, 0.4) is 0 Å². The van der Waals surface area contributed by atoms with Gasteiger partial charge >= 0.3 is 0 Å². The molecule has 0 aromatic carbocycles. The molecule has 5 heteroatoms. The number of likely N-dealkylation sites (tertiary alicyclic amines) is 1. The predicted molar refractivity (Wildman–Crippen MR) is 76.9 cm³/mol. The maximum Gasteiger partial charge on any atom is 0.151 e. The van der Waals surface area contributed by atoms with Crippen molar-refractivity contribution in [1.29, 1.82) is 0 Å². The van der Waals surface area contributed by atoms with Crippen molar-refractivity contribution in [3.8, 4) is 0 Å². The maximum absolute atomic E-state index is 12.0. The molecule has 0 radical (unpaired) electrons. The third-order valence-corrected chi connectivity index (χ3v) is 7.22. The zero-order valence-electron chi connectivity index (χ0n) is 12.0. The molecule has 0 amide bonds. The molecule has 0 bridgehead atoms. The second kappa shape index (κ2) is 5.01. The van der Waals surface area contributed by atoms with Crippen molar-refractivity contribution >= 4 is 9.84 Å². The third-order valence-electron chi connectivity index (χ3n) is 5.57. The molecule has 0 aromatic heterocycles. The highest BCUT2D eigenvalue weighted by atomic mass is 32.2. The van der Waals surface area contributed by atoms with Gasteiger partial charge < -0.3 is 5.32 Å². The lowest BCUT2D eigenvalue weighted by atomic mass is 9.92. The van der Waals surface area contributed by atoms with Gasteiger partial charge in [-0.25, -0.2) is 8.42 Å². The van der Waals surface area contributed by atoms with Crippen LogP contribution < -0.4 is 5.32 Å². The number of sulfone groups is 1. The summed E-state index contributed by atoms with van der Waals surface area (Å²) in [5.74, 6) is 1.48. The second-order valence-electron chi connectivity index (χ2n) is 6.62. The minimum Gasteiger partial charge on any atom is -0.316 e. The predicted octanol–water partition coefficient (Wildman–Crippen LogP) is 0.882. The fourth-order valence-corrected chi connectivity index (χ4v) is 6.22. The van der Waals surface area contributed by atoms with Gasteiger partial charge in [-0.15, -0.1) is 0 Å². The summed E-state index contributed by atoms with van der Waals surface area (Å²) in [4.78, 5) is 2.56. The first-order chi connectivity index (χ1) is 9.02. The fourth-order valence-electron chi connectivity index (χ4n) is 4.76. The van der Waals surface area contributed by atoms with Gasteiger partial charge in [0.05, 0.1) is 5.25 Å². The van der Waals surface area contributed by atoms with Crippen LogP contribution in [0.4, 0.5) is 0 Å². The lowest BCUT2D eigenvalue weighted by molar-refractivity contribution is 0.158. The van der Waals surface area contributed by atoms with Crippen molar-refractivity contribution in [2.24, 2.45) is 11.8 Å². The average molecular weight is 286 g/mol. The Balaban J connectivity index is 1.81. The molecule has 4 nitrogen and oxygen atoms in total. The maximum atomic E-state index is 12.0. The molecule has 1 saturated carbocycles. The molecule has 19 heavy (non-hydrogen) atoms. The van der Waals surface area contributed by atoms with Gasteiger partial charge in [-0.2, -0.15) is 0 Å². The number of hydrogen-bond donors (Lipinski definition) is 1. The Kier molecular flexibility index (Phi) is 3.65. The van der Waals surface area contributed by atoms with E-state index in [1.807, 2.05) is 0 Å². The summed E-state index contributed by atoms with van der Waals surface area (Å²) in [7, 11) is -2.90. The molecular weight excluding hydrogens is 260 g/mol. The quantitative estimate of drug-likeness (QED) is 0.837. The Morgan fingerprint density at radius 2 is 2.05 bits per heavy atom. The summed E-state index contributed by atoms with van der Waals surface area (Å²) in [5.41, 5.74) is 0. The minimum atomic E-state index is -2.90. The molecule has 1 N–H and O–H groups in total. The molecule has 2 aliphatic heterocycles. The largest absolute Gasteiger partial charge is 0.316 e. The van der Waals surface area contributed by atoms with Crippen LogP contribution in [-0.4, -0.2) is 56.5 Å². The van der Waals surface area contributed by atoms with Gasteiger partial charge in [-0.05, 0) is 44.2 Å². The number of rotatable bonds is 3. The Morgan fingerprint density at radius 3 is 2.74 bits per heavy atom. The van der Waals surface area contributed by atoms with Gasteiger partial charge in [-0.1, -0.05) is 13.3 Å². The summed E-state index contributed by atoms with van der Waals surface area (Å²) in [6, 6.07) is 0.873. The van der Waals surface area contributed by atoms with Crippen LogP contribution >= 0.6 is 0 Å². The second-order valence-corrected chi connectivity index (χ2v) is 8.89. The van der Waals surface area contributed by atoms with Crippen molar-refractivity contribution in [2.45, 2.75) is 49.9 Å². The number of nitrogens with one attached hydrogen (secondary N) is 1. The summed E-state index contributed by atoms with van der Waals surface area (Å²) in [5, 5.41) is 3.38. The molecule has 5 atom stereocenters. The molecule has 3 aliphatic rings. The molecule has 3 rings (SSSR count). The highest BCUT2D eigenvalue weighted by Gasteiger charge is 2.49. The number of nitrogens with zero attached hydrogens (tertiary/aromatic N) is 1. The smallest absolute Gasteiger partial charge is 0.151 e. The molecule has 2 heterocycles. The molecule has 0 spiro atoms. The van der Waals surface area contributed by atoms with Gasteiger partial charge in [0.15, 0.2) is 9.84 Å². The van der Waals surface area contributed by atoms with Crippen LogP contribution in [0.1, 0.15) is 32.6 Å². The molecule has 0 aromatic rings. The molecule has 110 valence electrons. The van der Waals surface area contributed by atoms with E-state index in [1.54, 1.807) is 0 Å². The van der Waals surface area contributed by atoms with Crippen molar-refractivity contribution in [3.63, 3.8) is 0 Å². The average Bonchev–Trinajstić information content (AvgIpc) is 3.01. The van der Waals surface area contributed by atoms with Crippen LogP contribution in [0.25, 0.3) is 0 Å². The van der Waals surface area contributed by atoms with E-state index in [9.17, 15) is 8.42 Å². The van der Waals surface area contributed by atoms with Gasteiger partial charge in [0, 0.05) is 24.9 Å². The van der Waals surface area contributed by atoms with E-state index in [-0.39, 0.29) is 11.3 Å². The van der Waals surface area contributed by atoms with Crippen molar-refractivity contribution < 1.29 is 8.42 Å². The van der Waals surface area contributed by atoms with Gasteiger partial charge in [-0.3, -0.25) is 4.90 Å². The van der Waals surface area contributed by atoms with E-state index in [4.69, 9.17) is 0 Å².